The number of ether oxygens (including phenoxy) is 3. The van der Waals surface area contributed by atoms with Gasteiger partial charge in [-0.05, 0) is 12.0 Å². The average Bonchev–Trinajstić information content (AvgIpc) is 2.75. The van der Waals surface area contributed by atoms with E-state index >= 15 is 0 Å². The number of carbonyl (C=O) groups excluding carboxylic acids is 3. The fourth-order valence-corrected chi connectivity index (χ4v) is 3.48. The first-order chi connectivity index (χ1) is 13.8. The van der Waals surface area contributed by atoms with Gasteiger partial charge in [-0.1, -0.05) is 30.3 Å². The fourth-order valence-electron chi connectivity index (χ4n) is 3.48. The van der Waals surface area contributed by atoms with Crippen LogP contribution in [0.1, 0.15) is 24.8 Å². The lowest BCUT2D eigenvalue weighted by Gasteiger charge is -2.38. The van der Waals surface area contributed by atoms with Gasteiger partial charge in [0.25, 0.3) is 5.54 Å². The number of methoxy groups -OCH3 is 2. The van der Waals surface area contributed by atoms with Crippen molar-refractivity contribution >= 4 is 18.0 Å². The topological polar surface area (TPSA) is 125 Å². The zero-order chi connectivity index (χ0) is 21.4. The summed E-state index contributed by atoms with van der Waals surface area (Å²) in [5, 5.41) is 12.0. The van der Waals surface area contributed by atoms with E-state index < -0.39 is 40.8 Å². The van der Waals surface area contributed by atoms with Gasteiger partial charge in [0.15, 0.2) is 0 Å². The molecule has 1 amide bonds. The molecule has 2 unspecified atom stereocenters. The zero-order valence-corrected chi connectivity index (χ0v) is 16.4. The van der Waals surface area contributed by atoms with Gasteiger partial charge in [0, 0.05) is 17.9 Å². The molecule has 158 valence electrons. The Bertz CT molecular complexity index is 754. The summed E-state index contributed by atoms with van der Waals surface area (Å²) in [5.41, 5.74) is -1.10. The molecular formula is C19H24N2O8. The van der Waals surface area contributed by atoms with Gasteiger partial charge in [0.05, 0.1) is 27.2 Å². The normalized spacial score (nSPS) is 19.7. The Morgan fingerprint density at radius 3 is 2.48 bits per heavy atom. The molecular weight excluding hydrogens is 384 g/mol. The lowest BCUT2D eigenvalue weighted by Crippen LogP contribution is -2.60. The summed E-state index contributed by atoms with van der Waals surface area (Å²) in [6.07, 6.45) is -0.951. The Hall–Kier alpha value is -3.17. The highest BCUT2D eigenvalue weighted by molar-refractivity contribution is 5.81. The van der Waals surface area contributed by atoms with E-state index in [0.29, 0.717) is 0 Å². The van der Waals surface area contributed by atoms with Gasteiger partial charge < -0.3 is 19.1 Å². The smallest absolute Gasteiger partial charge is 0.410 e. The molecule has 2 atom stereocenters. The van der Waals surface area contributed by atoms with Crippen molar-refractivity contribution in [3.05, 3.63) is 46.0 Å². The first-order valence-corrected chi connectivity index (χ1v) is 9.09. The van der Waals surface area contributed by atoms with Crippen LogP contribution in [0.3, 0.4) is 0 Å². The van der Waals surface area contributed by atoms with Crippen LogP contribution in [-0.4, -0.2) is 60.7 Å². The third-order valence-electron chi connectivity index (χ3n) is 5.06. The average molecular weight is 408 g/mol. The van der Waals surface area contributed by atoms with Crippen LogP contribution in [0.5, 0.6) is 0 Å². The van der Waals surface area contributed by atoms with Crippen LogP contribution < -0.4 is 0 Å². The van der Waals surface area contributed by atoms with Gasteiger partial charge in [-0.15, -0.1) is 0 Å². The molecule has 1 aliphatic heterocycles. The summed E-state index contributed by atoms with van der Waals surface area (Å²) in [7, 11) is 2.22. The second-order valence-corrected chi connectivity index (χ2v) is 6.78. The predicted molar refractivity (Wildman–Crippen MR) is 99.3 cm³/mol. The second-order valence-electron chi connectivity index (χ2n) is 6.78. The number of amides is 1. The Kier molecular flexibility index (Phi) is 7.52. The first-order valence-electron chi connectivity index (χ1n) is 9.09. The highest BCUT2D eigenvalue weighted by Gasteiger charge is 2.58. The number of nitrogens with zero attached hydrogens (tertiary/aromatic N) is 2. The summed E-state index contributed by atoms with van der Waals surface area (Å²) >= 11 is 0. The zero-order valence-electron chi connectivity index (χ0n) is 16.4. The molecule has 10 heteroatoms. The van der Waals surface area contributed by atoms with Gasteiger partial charge in [0.2, 0.25) is 0 Å². The maximum Gasteiger partial charge on any atom is 0.410 e. The minimum Gasteiger partial charge on any atom is -0.469 e. The van der Waals surface area contributed by atoms with Crippen molar-refractivity contribution in [2.24, 2.45) is 5.92 Å². The maximum atomic E-state index is 12.5. The van der Waals surface area contributed by atoms with Crippen LogP contribution in [0.25, 0.3) is 0 Å². The summed E-state index contributed by atoms with van der Waals surface area (Å²) in [4.78, 5) is 49.2. The fraction of sp³-hybridized carbons (Fsp3) is 0.526. The monoisotopic (exact) mass is 408 g/mol. The molecule has 0 aromatic heterocycles. The summed E-state index contributed by atoms with van der Waals surface area (Å²) in [5.74, 6) is -3.06. The molecule has 1 aliphatic rings. The van der Waals surface area contributed by atoms with E-state index in [9.17, 15) is 24.5 Å². The number of nitro groups is 1. The minimum atomic E-state index is -1.87. The van der Waals surface area contributed by atoms with Gasteiger partial charge in [-0.2, -0.15) is 0 Å². The standard InChI is InChI=1S/C19H24N2O8/c1-27-16(22)11-15(17(23)28-2)19(21(25)26)9-6-10-20(13-19)18(24)29-12-14-7-4-3-5-8-14/h3-5,7-8,15H,6,9-13H2,1-2H3. The lowest BCUT2D eigenvalue weighted by molar-refractivity contribution is -0.582. The van der Waals surface area contributed by atoms with Crippen molar-refractivity contribution in [2.45, 2.75) is 31.4 Å². The van der Waals surface area contributed by atoms with Gasteiger partial charge in [-0.25, -0.2) is 4.79 Å². The third kappa shape index (κ3) is 5.21. The Labute approximate surface area is 167 Å². The Morgan fingerprint density at radius 2 is 1.90 bits per heavy atom. The molecule has 2 rings (SSSR count). The molecule has 1 saturated heterocycles. The van der Waals surface area contributed by atoms with E-state index in [4.69, 9.17) is 9.47 Å². The van der Waals surface area contributed by atoms with Crippen molar-refractivity contribution in [2.75, 3.05) is 27.3 Å². The number of benzene rings is 1. The van der Waals surface area contributed by atoms with Crippen LogP contribution in [0.15, 0.2) is 30.3 Å². The highest BCUT2D eigenvalue weighted by Crippen LogP contribution is 2.35. The Balaban J connectivity index is 2.20. The van der Waals surface area contributed by atoms with Crippen molar-refractivity contribution in [1.29, 1.82) is 0 Å². The van der Waals surface area contributed by atoms with E-state index in [1.807, 2.05) is 6.07 Å². The SMILES string of the molecule is COC(=O)CC(C(=O)OC)C1([N+](=O)[O-])CCCN(C(=O)OCc2ccccc2)C1. The molecule has 10 nitrogen and oxygen atoms in total. The molecule has 29 heavy (non-hydrogen) atoms. The number of rotatable bonds is 7. The van der Waals surface area contributed by atoms with Crippen molar-refractivity contribution in [1.82, 2.24) is 4.90 Å². The van der Waals surface area contributed by atoms with Crippen molar-refractivity contribution in [3.63, 3.8) is 0 Å². The number of hydrogen-bond donors (Lipinski definition) is 0. The summed E-state index contributed by atoms with van der Waals surface area (Å²) in [6, 6.07) is 9.00. The van der Waals surface area contributed by atoms with Gasteiger partial charge in [0.1, 0.15) is 12.5 Å². The molecule has 1 heterocycles. The van der Waals surface area contributed by atoms with E-state index in [-0.39, 0.29) is 32.5 Å². The molecule has 0 N–H and O–H groups in total. The molecule has 0 radical (unpaired) electrons. The predicted octanol–water partition coefficient (Wildman–Crippen LogP) is 1.79. The molecule has 1 fully saturated rings. The molecule has 0 spiro atoms. The van der Waals surface area contributed by atoms with Crippen LogP contribution in [0.2, 0.25) is 0 Å². The molecule has 0 saturated carbocycles. The van der Waals surface area contributed by atoms with E-state index in [1.165, 1.54) is 4.90 Å². The number of carbonyl (C=O) groups is 3. The maximum absolute atomic E-state index is 12.5. The molecule has 0 bridgehead atoms. The van der Waals surface area contributed by atoms with E-state index in [1.54, 1.807) is 24.3 Å². The molecule has 0 aliphatic carbocycles. The van der Waals surface area contributed by atoms with Crippen molar-refractivity contribution < 1.29 is 33.5 Å². The highest BCUT2D eigenvalue weighted by atomic mass is 16.6. The van der Waals surface area contributed by atoms with E-state index in [0.717, 1.165) is 19.8 Å². The van der Waals surface area contributed by atoms with Gasteiger partial charge >= 0.3 is 18.0 Å². The van der Waals surface area contributed by atoms with Crippen LogP contribution >= 0.6 is 0 Å². The molecule has 1 aromatic rings. The number of piperidine rings is 1. The number of hydrogen-bond acceptors (Lipinski definition) is 8. The second kappa shape index (κ2) is 9.85. The lowest BCUT2D eigenvalue weighted by atomic mass is 9.76. The first kappa shape index (κ1) is 22.1. The van der Waals surface area contributed by atoms with Crippen molar-refractivity contribution in [3.8, 4) is 0 Å². The number of likely N-dealkylation sites (tertiary alicyclic amines) is 1. The Morgan fingerprint density at radius 1 is 1.21 bits per heavy atom. The quantitative estimate of drug-likeness (QED) is 0.289. The summed E-state index contributed by atoms with van der Waals surface area (Å²) in [6.45, 7) is -0.107. The van der Waals surface area contributed by atoms with Crippen LogP contribution in [0, 0.1) is 16.0 Å². The molecule has 1 aromatic carbocycles. The largest absolute Gasteiger partial charge is 0.469 e. The van der Waals surface area contributed by atoms with Crippen LogP contribution in [-0.2, 0) is 30.4 Å². The minimum absolute atomic E-state index is 0.0131. The van der Waals surface area contributed by atoms with E-state index in [2.05, 4.69) is 4.74 Å². The number of esters is 2. The third-order valence-corrected chi connectivity index (χ3v) is 5.06. The van der Waals surface area contributed by atoms with Gasteiger partial charge in [-0.3, -0.25) is 19.7 Å². The van der Waals surface area contributed by atoms with Crippen LogP contribution in [0.4, 0.5) is 4.79 Å². The summed E-state index contributed by atoms with van der Waals surface area (Å²) < 4.78 is 14.5.